The van der Waals surface area contributed by atoms with Crippen molar-refractivity contribution in [2.45, 2.75) is 13.1 Å². The van der Waals surface area contributed by atoms with Crippen LogP contribution in [0.15, 0.2) is 24.3 Å². The molecule has 71 valence electrons. The van der Waals surface area contributed by atoms with E-state index in [2.05, 4.69) is 6.07 Å². The summed E-state index contributed by atoms with van der Waals surface area (Å²) in [6.07, 6.45) is 0.0650. The number of rotatable bonds is 4. The van der Waals surface area contributed by atoms with Crippen molar-refractivity contribution in [3.05, 3.63) is 35.9 Å². The number of hydrogen-bond donors (Lipinski definition) is 1. The predicted octanol–water partition coefficient (Wildman–Crippen LogP) is 2.21. The fourth-order valence-electron chi connectivity index (χ4n) is 1.00. The molecule has 1 atom stereocenters. The molecule has 0 saturated carbocycles. The molecular weight excluding hydrogens is 187 g/mol. The molecular formula is C9H12O3P. The van der Waals surface area contributed by atoms with Crippen LogP contribution >= 0.6 is 7.60 Å². The van der Waals surface area contributed by atoms with E-state index in [0.29, 0.717) is 0 Å². The Morgan fingerprint density at radius 1 is 1.54 bits per heavy atom. The maximum absolute atomic E-state index is 11.3. The van der Waals surface area contributed by atoms with Gasteiger partial charge in [-0.1, -0.05) is 24.3 Å². The molecule has 0 aliphatic rings. The summed E-state index contributed by atoms with van der Waals surface area (Å²) in [5.74, 6) is 0. The van der Waals surface area contributed by atoms with E-state index in [9.17, 15) is 9.46 Å². The lowest BCUT2D eigenvalue weighted by Crippen LogP contribution is -1.92. The molecule has 0 spiro atoms. The van der Waals surface area contributed by atoms with Crippen LogP contribution in [-0.2, 0) is 15.3 Å². The van der Waals surface area contributed by atoms with E-state index < -0.39 is 7.60 Å². The Hall–Kier alpha value is -0.630. The van der Waals surface area contributed by atoms with Crippen molar-refractivity contribution >= 4 is 7.60 Å². The molecule has 1 rings (SSSR count). The molecule has 0 bridgehead atoms. The molecule has 0 amide bonds. The van der Waals surface area contributed by atoms with Crippen molar-refractivity contribution < 1.29 is 14.0 Å². The second-order valence-corrected chi connectivity index (χ2v) is 4.47. The summed E-state index contributed by atoms with van der Waals surface area (Å²) < 4.78 is 16.0. The van der Waals surface area contributed by atoms with Gasteiger partial charge in [0.15, 0.2) is 0 Å². The zero-order valence-electron chi connectivity index (χ0n) is 7.43. The highest BCUT2D eigenvalue weighted by Gasteiger charge is 2.18. The topological polar surface area (TPSA) is 46.5 Å². The minimum absolute atomic E-state index is 0.0650. The first-order chi connectivity index (χ1) is 6.14. The van der Waals surface area contributed by atoms with E-state index in [1.165, 1.54) is 0 Å². The predicted molar refractivity (Wildman–Crippen MR) is 50.4 cm³/mol. The second-order valence-electron chi connectivity index (χ2n) is 2.62. The van der Waals surface area contributed by atoms with Crippen LogP contribution in [-0.4, -0.2) is 11.5 Å². The van der Waals surface area contributed by atoms with Crippen LogP contribution in [0.2, 0.25) is 0 Å². The molecule has 0 saturated heterocycles. The average molecular weight is 199 g/mol. The minimum atomic E-state index is -3.43. The van der Waals surface area contributed by atoms with Crippen LogP contribution in [0.25, 0.3) is 0 Å². The van der Waals surface area contributed by atoms with Crippen molar-refractivity contribution in [2.75, 3.05) is 6.61 Å². The van der Waals surface area contributed by atoms with Crippen LogP contribution in [0.4, 0.5) is 0 Å². The Labute approximate surface area is 77.9 Å². The fourth-order valence-corrected chi connectivity index (χ4v) is 2.17. The van der Waals surface area contributed by atoms with Crippen LogP contribution in [0.3, 0.4) is 0 Å². The van der Waals surface area contributed by atoms with Gasteiger partial charge in [-0.15, -0.1) is 0 Å². The summed E-state index contributed by atoms with van der Waals surface area (Å²) in [6, 6.07) is 9.76. The summed E-state index contributed by atoms with van der Waals surface area (Å²) in [4.78, 5) is 9.29. The molecule has 0 aliphatic heterocycles. The van der Waals surface area contributed by atoms with Crippen molar-refractivity contribution in [3.63, 3.8) is 0 Å². The van der Waals surface area contributed by atoms with Crippen molar-refractivity contribution in [1.29, 1.82) is 0 Å². The van der Waals surface area contributed by atoms with Gasteiger partial charge in [0.2, 0.25) is 0 Å². The first kappa shape index (κ1) is 10.5. The first-order valence-electron chi connectivity index (χ1n) is 4.05. The van der Waals surface area contributed by atoms with E-state index in [4.69, 9.17) is 4.52 Å². The number of benzene rings is 1. The van der Waals surface area contributed by atoms with Gasteiger partial charge in [0.05, 0.1) is 12.8 Å². The molecule has 0 aliphatic carbocycles. The summed E-state index contributed by atoms with van der Waals surface area (Å²) in [6.45, 7) is 1.95. The van der Waals surface area contributed by atoms with Gasteiger partial charge >= 0.3 is 7.60 Å². The van der Waals surface area contributed by atoms with Crippen LogP contribution in [0, 0.1) is 6.07 Å². The zero-order valence-corrected chi connectivity index (χ0v) is 8.33. The molecule has 1 aromatic rings. The van der Waals surface area contributed by atoms with Gasteiger partial charge < -0.3 is 9.42 Å². The summed E-state index contributed by atoms with van der Waals surface area (Å²) in [5.41, 5.74) is 0.790. The highest BCUT2D eigenvalue weighted by molar-refractivity contribution is 7.51. The van der Waals surface area contributed by atoms with Gasteiger partial charge in [0, 0.05) is 0 Å². The normalized spacial score (nSPS) is 15.2. The van der Waals surface area contributed by atoms with Gasteiger partial charge in [0.1, 0.15) is 0 Å². The van der Waals surface area contributed by atoms with Gasteiger partial charge in [-0.2, -0.15) is 0 Å². The van der Waals surface area contributed by atoms with Gasteiger partial charge in [-0.3, -0.25) is 4.57 Å². The third-order valence-electron chi connectivity index (χ3n) is 1.50. The Kier molecular flexibility index (Phi) is 3.67. The van der Waals surface area contributed by atoms with E-state index >= 15 is 0 Å². The van der Waals surface area contributed by atoms with Gasteiger partial charge in [-0.05, 0) is 18.6 Å². The van der Waals surface area contributed by atoms with Crippen LogP contribution in [0.1, 0.15) is 12.5 Å². The summed E-state index contributed by atoms with van der Waals surface area (Å²) >= 11 is 0. The molecule has 0 aromatic heterocycles. The highest BCUT2D eigenvalue weighted by Crippen LogP contribution is 2.45. The minimum Gasteiger partial charge on any atom is -0.324 e. The lowest BCUT2D eigenvalue weighted by Gasteiger charge is -2.09. The average Bonchev–Trinajstić information content (AvgIpc) is 2.04. The SMILES string of the molecule is CCOP(=O)(O)Cc1cc[c]cc1. The maximum atomic E-state index is 11.3. The smallest absolute Gasteiger partial charge is 0.324 e. The molecule has 3 nitrogen and oxygen atoms in total. The molecule has 1 N–H and O–H groups in total. The van der Waals surface area contributed by atoms with E-state index in [0.717, 1.165) is 5.56 Å². The standard InChI is InChI=1S/C9H12O3P/c1-2-12-13(10,11)8-9-6-4-3-5-7-9/h4-7H,2,8H2,1H3,(H,10,11). The second kappa shape index (κ2) is 4.56. The Morgan fingerprint density at radius 3 is 2.69 bits per heavy atom. The van der Waals surface area contributed by atoms with E-state index in [1.54, 1.807) is 31.2 Å². The van der Waals surface area contributed by atoms with E-state index in [-0.39, 0.29) is 12.8 Å². The quantitative estimate of drug-likeness (QED) is 0.756. The first-order valence-corrected chi connectivity index (χ1v) is 5.81. The van der Waals surface area contributed by atoms with E-state index in [1.807, 2.05) is 0 Å². The lowest BCUT2D eigenvalue weighted by molar-refractivity contribution is 0.272. The summed E-state index contributed by atoms with van der Waals surface area (Å²) in [5, 5.41) is 0. The molecule has 1 radical (unpaired) electrons. The van der Waals surface area contributed by atoms with Crippen molar-refractivity contribution in [1.82, 2.24) is 0 Å². The molecule has 4 heteroatoms. The lowest BCUT2D eigenvalue weighted by atomic mass is 10.2. The Balaban J connectivity index is 2.64. The molecule has 13 heavy (non-hydrogen) atoms. The zero-order chi connectivity index (χ0) is 9.73. The number of hydrogen-bond acceptors (Lipinski definition) is 2. The van der Waals surface area contributed by atoms with Crippen molar-refractivity contribution in [3.8, 4) is 0 Å². The van der Waals surface area contributed by atoms with Gasteiger partial charge in [-0.25, -0.2) is 0 Å². The third-order valence-corrected chi connectivity index (χ3v) is 2.93. The van der Waals surface area contributed by atoms with Crippen LogP contribution < -0.4 is 0 Å². The molecule has 1 aromatic carbocycles. The monoisotopic (exact) mass is 199 g/mol. The maximum Gasteiger partial charge on any atom is 0.332 e. The fraction of sp³-hybridized carbons (Fsp3) is 0.333. The molecule has 0 fully saturated rings. The summed E-state index contributed by atoms with van der Waals surface area (Å²) in [7, 11) is -3.43. The molecule has 0 heterocycles. The largest absolute Gasteiger partial charge is 0.332 e. The highest BCUT2D eigenvalue weighted by atomic mass is 31.2. The molecule has 1 unspecified atom stereocenters. The van der Waals surface area contributed by atoms with Crippen LogP contribution in [0.5, 0.6) is 0 Å². The van der Waals surface area contributed by atoms with Crippen molar-refractivity contribution in [2.24, 2.45) is 0 Å². The van der Waals surface area contributed by atoms with Gasteiger partial charge in [0.25, 0.3) is 0 Å². The third kappa shape index (κ3) is 3.73. The Morgan fingerprint density at radius 2 is 2.15 bits per heavy atom. The Bertz CT molecular complexity index is 297.